The van der Waals surface area contributed by atoms with Crippen molar-refractivity contribution in [1.82, 2.24) is 30.0 Å². The van der Waals surface area contributed by atoms with Gasteiger partial charge in [0.2, 0.25) is 5.95 Å². The molecule has 0 unspecified atom stereocenters. The first kappa shape index (κ1) is 22.2. The van der Waals surface area contributed by atoms with Gasteiger partial charge in [-0.15, -0.1) is 0 Å². The van der Waals surface area contributed by atoms with Gasteiger partial charge in [0.15, 0.2) is 5.82 Å². The topological polar surface area (TPSA) is 93.0 Å². The lowest BCUT2D eigenvalue weighted by Gasteiger charge is -2.32. The second-order valence-electron chi connectivity index (χ2n) is 7.79. The van der Waals surface area contributed by atoms with E-state index in [1.54, 1.807) is 17.1 Å². The summed E-state index contributed by atoms with van der Waals surface area (Å²) in [6, 6.07) is 4.06. The third-order valence-electron chi connectivity index (χ3n) is 5.00. The summed E-state index contributed by atoms with van der Waals surface area (Å²) in [4.78, 5) is 15.9. The van der Waals surface area contributed by atoms with E-state index in [9.17, 15) is 13.2 Å². The van der Waals surface area contributed by atoms with Crippen LogP contribution in [0.1, 0.15) is 12.5 Å². The van der Waals surface area contributed by atoms with Gasteiger partial charge in [0.05, 0.1) is 19.3 Å². The van der Waals surface area contributed by atoms with Crippen LogP contribution in [0.3, 0.4) is 0 Å². The van der Waals surface area contributed by atoms with Crippen LogP contribution < -0.4 is 15.5 Å². The number of piperazine rings is 1. The van der Waals surface area contributed by atoms with Crippen LogP contribution in [0, 0.1) is 6.92 Å². The van der Waals surface area contributed by atoms with Crippen LogP contribution in [0.25, 0.3) is 11.0 Å². The molecule has 3 aromatic rings. The quantitative estimate of drug-likeness (QED) is 0.531. The molecule has 9 nitrogen and oxygen atoms in total. The molecule has 0 amide bonds. The molecule has 4 rings (SSSR count). The van der Waals surface area contributed by atoms with Crippen LogP contribution in [0.5, 0.6) is 0 Å². The Hall–Kier alpha value is -2.99. The van der Waals surface area contributed by atoms with E-state index in [-0.39, 0.29) is 13.2 Å². The minimum atomic E-state index is -4.37. The summed E-state index contributed by atoms with van der Waals surface area (Å²) in [6.45, 7) is 5.06. The van der Waals surface area contributed by atoms with E-state index in [1.807, 2.05) is 19.1 Å². The lowest BCUT2D eigenvalue weighted by Crippen LogP contribution is -2.49. The first-order valence-corrected chi connectivity index (χ1v) is 10.3. The minimum Gasteiger partial charge on any atom is -0.370 e. The number of halogens is 3. The van der Waals surface area contributed by atoms with Crippen molar-refractivity contribution in [1.29, 1.82) is 0 Å². The highest BCUT2D eigenvalue weighted by atomic mass is 19.4. The summed E-state index contributed by atoms with van der Waals surface area (Å²) in [5.41, 5.74) is 2.19. The average Bonchev–Trinajstić information content (AvgIpc) is 3.15. The number of alkyl halides is 3. The summed E-state index contributed by atoms with van der Waals surface area (Å²) in [5, 5.41) is 10.9. The molecule has 0 aliphatic carbocycles. The minimum absolute atomic E-state index is 0.128. The Morgan fingerprint density at radius 3 is 2.81 bits per heavy atom. The molecule has 3 aromatic heterocycles. The van der Waals surface area contributed by atoms with Gasteiger partial charge >= 0.3 is 6.18 Å². The van der Waals surface area contributed by atoms with Crippen LogP contribution in [0.4, 0.5) is 30.8 Å². The van der Waals surface area contributed by atoms with Gasteiger partial charge in [-0.05, 0) is 25.5 Å². The van der Waals surface area contributed by atoms with Crippen LogP contribution >= 0.6 is 0 Å². The van der Waals surface area contributed by atoms with Crippen molar-refractivity contribution in [2.24, 2.45) is 0 Å². The predicted octanol–water partition coefficient (Wildman–Crippen LogP) is 2.65. The molecule has 1 aliphatic rings. The van der Waals surface area contributed by atoms with Gasteiger partial charge in [0, 0.05) is 31.9 Å². The number of anilines is 3. The Balaban J connectivity index is 1.64. The number of nitrogens with zero attached hydrogens (tertiary/aromatic N) is 6. The number of aromatic nitrogens is 5. The Morgan fingerprint density at radius 2 is 2.09 bits per heavy atom. The number of hydrogen-bond acceptors (Lipinski definition) is 8. The highest BCUT2D eigenvalue weighted by Crippen LogP contribution is 2.26. The zero-order valence-corrected chi connectivity index (χ0v) is 17.9. The van der Waals surface area contributed by atoms with Crippen molar-refractivity contribution >= 4 is 28.6 Å². The molecule has 32 heavy (non-hydrogen) atoms. The molecule has 1 fully saturated rings. The summed E-state index contributed by atoms with van der Waals surface area (Å²) in [6.07, 6.45) is -1.04. The van der Waals surface area contributed by atoms with Crippen LogP contribution in [0.2, 0.25) is 0 Å². The average molecular weight is 450 g/mol. The first-order valence-electron chi connectivity index (χ1n) is 10.3. The number of ether oxygens (including phenoxy) is 1. The molecule has 0 spiro atoms. The third-order valence-corrected chi connectivity index (χ3v) is 5.00. The third kappa shape index (κ3) is 5.43. The molecular formula is C20H25F3N8O. The molecule has 2 N–H and O–H groups in total. The Kier molecular flexibility index (Phi) is 6.42. The normalized spacial score (nSPS) is 17.2. The number of pyridine rings is 1. The second kappa shape index (κ2) is 9.25. The van der Waals surface area contributed by atoms with E-state index in [2.05, 4.69) is 37.5 Å². The van der Waals surface area contributed by atoms with Crippen LogP contribution in [0.15, 0.2) is 24.5 Å². The maximum atomic E-state index is 12.4. The number of aryl methyl sites for hydroxylation is 1. The monoisotopic (exact) mass is 450 g/mol. The van der Waals surface area contributed by atoms with Crippen LogP contribution in [-0.4, -0.2) is 69.8 Å². The van der Waals surface area contributed by atoms with E-state index >= 15 is 0 Å². The van der Waals surface area contributed by atoms with Gasteiger partial charge in [-0.1, -0.05) is 6.07 Å². The maximum absolute atomic E-state index is 12.4. The molecular weight excluding hydrogens is 425 g/mol. The predicted molar refractivity (Wildman–Crippen MR) is 114 cm³/mol. The molecule has 4 heterocycles. The van der Waals surface area contributed by atoms with E-state index in [4.69, 9.17) is 9.72 Å². The summed E-state index contributed by atoms with van der Waals surface area (Å²) in [5.74, 6) is 1.64. The summed E-state index contributed by atoms with van der Waals surface area (Å²) >= 11 is 0. The number of rotatable bonds is 7. The zero-order chi connectivity index (χ0) is 22.7. The molecule has 0 aromatic carbocycles. The fraction of sp³-hybridized carbons (Fsp3) is 0.500. The van der Waals surface area contributed by atoms with Gasteiger partial charge in [0.1, 0.15) is 23.5 Å². The first-order chi connectivity index (χ1) is 15.3. The molecule has 1 atom stereocenters. The van der Waals surface area contributed by atoms with E-state index in [0.29, 0.717) is 34.7 Å². The molecule has 0 saturated carbocycles. The molecule has 172 valence electrons. The fourth-order valence-corrected chi connectivity index (χ4v) is 3.50. The van der Waals surface area contributed by atoms with E-state index < -0.39 is 12.8 Å². The van der Waals surface area contributed by atoms with Gasteiger partial charge < -0.3 is 20.3 Å². The highest BCUT2D eigenvalue weighted by Gasteiger charge is 2.27. The molecule has 12 heteroatoms. The van der Waals surface area contributed by atoms with Gasteiger partial charge in [0.25, 0.3) is 0 Å². The number of nitrogens with one attached hydrogen (secondary N) is 2. The lowest BCUT2D eigenvalue weighted by atomic mass is 10.2. The van der Waals surface area contributed by atoms with Gasteiger partial charge in [-0.3, -0.25) is 4.68 Å². The van der Waals surface area contributed by atoms with Crippen molar-refractivity contribution in [2.45, 2.75) is 32.6 Å². The standard InChI is InChI=1S/C20H25F3N8O/c1-13-3-4-16(25-9-13)28-18-17-15(10-26-31(17)7-8-32-12-20(21,22)23)27-19(29-18)30-6-5-24-14(2)11-30/h3-4,9-10,14,24H,5-8,11-12H2,1-2H3,(H,25,27,28,29)/t14-/m0/s1. The fourth-order valence-electron chi connectivity index (χ4n) is 3.50. The molecule has 0 bridgehead atoms. The maximum Gasteiger partial charge on any atom is 0.411 e. The van der Waals surface area contributed by atoms with Crippen molar-refractivity contribution in [3.63, 3.8) is 0 Å². The second-order valence-corrected chi connectivity index (χ2v) is 7.79. The van der Waals surface area contributed by atoms with Crippen molar-refractivity contribution in [3.8, 4) is 0 Å². The van der Waals surface area contributed by atoms with Crippen LogP contribution in [-0.2, 0) is 11.3 Å². The summed E-state index contributed by atoms with van der Waals surface area (Å²) in [7, 11) is 0. The molecule has 0 radical (unpaired) electrons. The SMILES string of the molecule is Cc1ccc(Nc2nc(N3CCN[C@@H](C)C3)nc3cnn(CCOCC(F)(F)F)c23)nc1. The van der Waals surface area contributed by atoms with Gasteiger partial charge in [-0.25, -0.2) is 9.97 Å². The smallest absolute Gasteiger partial charge is 0.370 e. The Morgan fingerprint density at radius 1 is 1.25 bits per heavy atom. The largest absolute Gasteiger partial charge is 0.411 e. The van der Waals surface area contributed by atoms with E-state index in [1.165, 1.54) is 0 Å². The number of hydrogen-bond donors (Lipinski definition) is 2. The molecule has 1 aliphatic heterocycles. The van der Waals surface area contributed by atoms with E-state index in [0.717, 1.165) is 25.2 Å². The zero-order valence-electron chi connectivity index (χ0n) is 17.9. The lowest BCUT2D eigenvalue weighted by molar-refractivity contribution is -0.174. The number of fused-ring (bicyclic) bond motifs is 1. The Bertz CT molecular complexity index is 1050. The van der Waals surface area contributed by atoms with Gasteiger partial charge in [-0.2, -0.15) is 23.3 Å². The Labute approximate surface area is 183 Å². The molecule has 1 saturated heterocycles. The highest BCUT2D eigenvalue weighted by molar-refractivity contribution is 5.88. The summed E-state index contributed by atoms with van der Waals surface area (Å²) < 4.78 is 43.4. The van der Waals surface area contributed by atoms with Crippen molar-refractivity contribution < 1.29 is 17.9 Å². The van der Waals surface area contributed by atoms with Crippen molar-refractivity contribution in [2.75, 3.05) is 43.1 Å². The van der Waals surface area contributed by atoms with Crippen molar-refractivity contribution in [3.05, 3.63) is 30.1 Å².